The molecule has 0 saturated heterocycles. The Balaban J connectivity index is 2.36. The first-order valence-corrected chi connectivity index (χ1v) is 6.70. The summed E-state index contributed by atoms with van der Waals surface area (Å²) >= 11 is 5.87. The lowest BCUT2D eigenvalue weighted by Crippen LogP contribution is -2.17. The van der Waals surface area contributed by atoms with Crippen molar-refractivity contribution in [3.05, 3.63) is 35.0 Å². The molecule has 2 aromatic rings. The molecule has 1 aromatic carbocycles. The SMILES string of the molecule is O=C(O)CNc1nc(Nc2ccc(O)cc2Cl)cc(C(F)(F)F)n1. The van der Waals surface area contributed by atoms with E-state index in [-0.39, 0.29) is 22.3 Å². The molecule has 4 N–H and O–H groups in total. The summed E-state index contributed by atoms with van der Waals surface area (Å²) in [6.07, 6.45) is -4.75. The minimum atomic E-state index is -4.75. The molecule has 0 radical (unpaired) electrons. The van der Waals surface area contributed by atoms with E-state index in [0.29, 0.717) is 6.07 Å². The molecule has 0 unspecified atom stereocenters. The molecule has 0 aliphatic carbocycles. The van der Waals surface area contributed by atoms with Crippen LogP contribution in [-0.4, -0.2) is 32.7 Å². The standard InChI is InChI=1S/C13H10ClF3N4O3/c14-7-3-6(22)1-2-8(7)19-10-4-9(13(15,16)17)20-12(21-10)18-5-11(23)24/h1-4,22H,5H2,(H,23,24)(H2,18,19,20,21). The number of benzene rings is 1. The van der Waals surface area contributed by atoms with Gasteiger partial charge in [0.1, 0.15) is 18.1 Å². The number of nitrogens with zero attached hydrogens (tertiary/aromatic N) is 2. The Hall–Kier alpha value is -2.75. The number of rotatable bonds is 5. The third-order valence-corrected chi connectivity index (χ3v) is 2.94. The molecule has 1 aromatic heterocycles. The average molecular weight is 363 g/mol. The molecule has 2 rings (SSSR count). The van der Waals surface area contributed by atoms with Gasteiger partial charge in [-0.2, -0.15) is 18.2 Å². The summed E-state index contributed by atoms with van der Waals surface area (Å²) in [6.45, 7) is -0.652. The van der Waals surface area contributed by atoms with Gasteiger partial charge in [0, 0.05) is 12.1 Å². The zero-order chi connectivity index (χ0) is 17.9. The first-order valence-electron chi connectivity index (χ1n) is 6.32. The molecule has 7 nitrogen and oxygen atoms in total. The fourth-order valence-corrected chi connectivity index (χ4v) is 1.86. The van der Waals surface area contributed by atoms with Crippen molar-refractivity contribution < 1.29 is 28.2 Å². The number of phenolic OH excluding ortho intramolecular Hbond substituents is 1. The maximum atomic E-state index is 12.9. The highest BCUT2D eigenvalue weighted by Gasteiger charge is 2.33. The number of aromatic hydroxyl groups is 1. The Kier molecular flexibility index (Phi) is 4.98. The third kappa shape index (κ3) is 4.62. The Morgan fingerprint density at radius 3 is 2.54 bits per heavy atom. The van der Waals surface area contributed by atoms with Crippen molar-refractivity contribution in [3.63, 3.8) is 0 Å². The van der Waals surface area contributed by atoms with E-state index in [0.717, 1.165) is 0 Å². The number of phenols is 1. The Bertz CT molecular complexity index is 771. The van der Waals surface area contributed by atoms with Crippen LogP contribution < -0.4 is 10.6 Å². The second-order valence-electron chi connectivity index (χ2n) is 4.50. The van der Waals surface area contributed by atoms with Gasteiger partial charge >= 0.3 is 12.1 Å². The van der Waals surface area contributed by atoms with Gasteiger partial charge in [-0.05, 0) is 12.1 Å². The van der Waals surface area contributed by atoms with Crippen LogP contribution in [0.25, 0.3) is 0 Å². The van der Waals surface area contributed by atoms with Crippen molar-refractivity contribution in [2.24, 2.45) is 0 Å². The summed E-state index contributed by atoms with van der Waals surface area (Å²) in [6, 6.07) is 4.47. The van der Waals surface area contributed by atoms with Crippen LogP contribution in [0.4, 0.5) is 30.6 Å². The first kappa shape index (κ1) is 17.6. The summed E-state index contributed by atoms with van der Waals surface area (Å²) in [5, 5.41) is 22.6. The van der Waals surface area contributed by atoms with E-state index >= 15 is 0 Å². The van der Waals surface area contributed by atoms with Crippen LogP contribution >= 0.6 is 11.6 Å². The number of hydrogen-bond acceptors (Lipinski definition) is 6. The van der Waals surface area contributed by atoms with Crippen LogP contribution in [0.1, 0.15) is 5.69 Å². The normalized spacial score (nSPS) is 11.2. The highest BCUT2D eigenvalue weighted by Crippen LogP contribution is 2.32. The number of aliphatic carboxylic acids is 1. The fourth-order valence-electron chi connectivity index (χ4n) is 1.63. The number of nitrogens with one attached hydrogen (secondary N) is 2. The Morgan fingerprint density at radius 1 is 1.25 bits per heavy atom. The van der Waals surface area contributed by atoms with E-state index in [4.69, 9.17) is 16.7 Å². The molecule has 0 amide bonds. The molecule has 0 spiro atoms. The van der Waals surface area contributed by atoms with Crippen LogP contribution in [0.3, 0.4) is 0 Å². The summed E-state index contributed by atoms with van der Waals surface area (Å²) in [7, 11) is 0. The van der Waals surface area contributed by atoms with Crippen LogP contribution in [0.5, 0.6) is 5.75 Å². The molecule has 0 saturated carbocycles. The number of alkyl halides is 3. The van der Waals surface area contributed by atoms with E-state index < -0.39 is 30.3 Å². The average Bonchev–Trinajstić information content (AvgIpc) is 2.47. The van der Waals surface area contributed by atoms with Crippen molar-refractivity contribution >= 4 is 35.0 Å². The number of halogens is 4. The largest absolute Gasteiger partial charge is 0.508 e. The molecule has 0 aliphatic rings. The van der Waals surface area contributed by atoms with Gasteiger partial charge in [-0.3, -0.25) is 4.79 Å². The number of hydrogen-bond donors (Lipinski definition) is 4. The molecular weight excluding hydrogens is 353 g/mol. The highest BCUT2D eigenvalue weighted by molar-refractivity contribution is 6.33. The van der Waals surface area contributed by atoms with Gasteiger partial charge in [0.25, 0.3) is 0 Å². The maximum Gasteiger partial charge on any atom is 0.433 e. The molecule has 0 bridgehead atoms. The monoisotopic (exact) mass is 362 g/mol. The fraction of sp³-hybridized carbons (Fsp3) is 0.154. The van der Waals surface area contributed by atoms with Gasteiger partial charge in [0.2, 0.25) is 5.95 Å². The first-order chi connectivity index (χ1) is 11.1. The molecule has 0 aliphatic heterocycles. The molecule has 24 heavy (non-hydrogen) atoms. The van der Waals surface area contributed by atoms with Crippen LogP contribution in [0.2, 0.25) is 5.02 Å². The minimum Gasteiger partial charge on any atom is -0.508 e. The summed E-state index contributed by atoms with van der Waals surface area (Å²) in [4.78, 5) is 17.5. The predicted molar refractivity (Wildman–Crippen MR) is 79.6 cm³/mol. The Labute approximate surface area is 138 Å². The van der Waals surface area contributed by atoms with Gasteiger partial charge in [0.15, 0.2) is 5.69 Å². The van der Waals surface area contributed by atoms with Gasteiger partial charge in [0.05, 0.1) is 10.7 Å². The molecule has 11 heteroatoms. The lowest BCUT2D eigenvalue weighted by molar-refractivity contribution is -0.141. The predicted octanol–water partition coefficient (Wildman–Crippen LogP) is 3.09. The van der Waals surface area contributed by atoms with Crippen molar-refractivity contribution in [1.29, 1.82) is 0 Å². The molecule has 0 fully saturated rings. The quantitative estimate of drug-likeness (QED) is 0.605. The zero-order valence-electron chi connectivity index (χ0n) is 11.7. The summed E-state index contributed by atoms with van der Waals surface area (Å²) < 4.78 is 38.7. The number of carboxylic acids is 1. The lowest BCUT2D eigenvalue weighted by Gasteiger charge is -2.13. The second kappa shape index (κ2) is 6.79. The van der Waals surface area contributed by atoms with Crippen LogP contribution in [-0.2, 0) is 11.0 Å². The van der Waals surface area contributed by atoms with Gasteiger partial charge in [-0.15, -0.1) is 0 Å². The minimum absolute atomic E-state index is 0.0576. The van der Waals surface area contributed by atoms with E-state index in [1.807, 2.05) is 0 Å². The van der Waals surface area contributed by atoms with E-state index in [1.54, 1.807) is 0 Å². The van der Waals surface area contributed by atoms with E-state index in [9.17, 15) is 23.1 Å². The Morgan fingerprint density at radius 2 is 1.96 bits per heavy atom. The molecule has 0 atom stereocenters. The topological polar surface area (TPSA) is 107 Å². The van der Waals surface area contributed by atoms with Crippen molar-refractivity contribution in [2.45, 2.75) is 6.18 Å². The zero-order valence-corrected chi connectivity index (χ0v) is 12.5. The van der Waals surface area contributed by atoms with Crippen molar-refractivity contribution in [2.75, 3.05) is 17.2 Å². The molecule has 128 valence electrons. The van der Waals surface area contributed by atoms with Crippen LogP contribution in [0.15, 0.2) is 24.3 Å². The summed E-state index contributed by atoms with van der Waals surface area (Å²) in [5.41, 5.74) is -1.06. The highest BCUT2D eigenvalue weighted by atomic mass is 35.5. The van der Waals surface area contributed by atoms with Gasteiger partial charge in [-0.1, -0.05) is 11.6 Å². The number of carboxylic acid groups (broad SMARTS) is 1. The molecular formula is C13H10ClF3N4O3. The van der Waals surface area contributed by atoms with Gasteiger partial charge in [-0.25, -0.2) is 4.98 Å². The lowest BCUT2D eigenvalue weighted by atomic mass is 10.3. The molecule has 1 heterocycles. The summed E-state index contributed by atoms with van der Waals surface area (Å²) in [5.74, 6) is -2.16. The number of anilines is 3. The maximum absolute atomic E-state index is 12.9. The van der Waals surface area contributed by atoms with E-state index in [1.165, 1.54) is 18.2 Å². The second-order valence-corrected chi connectivity index (χ2v) is 4.90. The van der Waals surface area contributed by atoms with E-state index in [2.05, 4.69) is 20.6 Å². The number of carbonyl (C=O) groups is 1. The van der Waals surface area contributed by atoms with Crippen molar-refractivity contribution in [3.8, 4) is 5.75 Å². The smallest absolute Gasteiger partial charge is 0.433 e. The van der Waals surface area contributed by atoms with Gasteiger partial charge < -0.3 is 20.8 Å². The third-order valence-electron chi connectivity index (χ3n) is 2.63. The van der Waals surface area contributed by atoms with Crippen LogP contribution in [0, 0.1) is 0 Å². The van der Waals surface area contributed by atoms with Crippen molar-refractivity contribution in [1.82, 2.24) is 9.97 Å². The number of aromatic nitrogens is 2.